The number of aromatic nitrogens is 2. The van der Waals surface area contributed by atoms with E-state index in [2.05, 4.69) is 27.5 Å². The summed E-state index contributed by atoms with van der Waals surface area (Å²) in [6, 6.07) is 2.44. The van der Waals surface area contributed by atoms with Crippen molar-refractivity contribution in [2.24, 2.45) is 0 Å². The van der Waals surface area contributed by atoms with E-state index < -0.39 is 0 Å². The minimum atomic E-state index is 0.420. The Morgan fingerprint density at radius 2 is 2.00 bits per heavy atom. The van der Waals surface area contributed by atoms with E-state index >= 15 is 0 Å². The van der Waals surface area contributed by atoms with Crippen molar-refractivity contribution in [2.75, 3.05) is 24.3 Å². The molecule has 1 heterocycles. The van der Waals surface area contributed by atoms with Gasteiger partial charge in [0.2, 0.25) is 0 Å². The first-order valence-corrected chi connectivity index (χ1v) is 7.19. The minimum absolute atomic E-state index is 0.420. The van der Waals surface area contributed by atoms with Crippen molar-refractivity contribution >= 4 is 11.6 Å². The van der Waals surface area contributed by atoms with Crippen LogP contribution in [0.5, 0.6) is 0 Å². The van der Waals surface area contributed by atoms with Crippen LogP contribution in [0.3, 0.4) is 0 Å². The average Bonchev–Trinajstić information content (AvgIpc) is 2.36. The molecule has 1 aliphatic rings. The summed E-state index contributed by atoms with van der Waals surface area (Å²) in [4.78, 5) is 9.01. The van der Waals surface area contributed by atoms with E-state index in [0.29, 0.717) is 12.1 Å². The smallest absolute Gasteiger partial charge is 0.133 e. The Morgan fingerprint density at radius 3 is 2.63 bits per heavy atom. The number of nitrogens with one attached hydrogen (secondary N) is 2. The summed E-state index contributed by atoms with van der Waals surface area (Å²) >= 11 is 0. The summed E-state index contributed by atoms with van der Waals surface area (Å²) in [6.45, 7) is 4.98. The third-order valence-corrected chi connectivity index (χ3v) is 3.35. The van der Waals surface area contributed by atoms with E-state index in [0.717, 1.165) is 49.8 Å². The van der Waals surface area contributed by atoms with Gasteiger partial charge in [-0.15, -0.1) is 0 Å². The van der Waals surface area contributed by atoms with Gasteiger partial charge >= 0.3 is 0 Å². The van der Waals surface area contributed by atoms with Crippen LogP contribution in [-0.4, -0.2) is 35.8 Å². The van der Waals surface area contributed by atoms with E-state index in [1.165, 1.54) is 0 Å². The Labute approximate surface area is 115 Å². The van der Waals surface area contributed by atoms with E-state index in [1.807, 2.05) is 20.0 Å². The van der Waals surface area contributed by atoms with Crippen molar-refractivity contribution in [3.8, 4) is 0 Å². The second kappa shape index (κ2) is 6.70. The highest BCUT2D eigenvalue weighted by Crippen LogP contribution is 2.26. The zero-order chi connectivity index (χ0) is 13.7. The van der Waals surface area contributed by atoms with E-state index in [9.17, 15) is 0 Å². The Bertz CT molecular complexity index is 404. The zero-order valence-corrected chi connectivity index (χ0v) is 12.1. The summed E-state index contributed by atoms with van der Waals surface area (Å²) in [5, 5.41) is 6.56. The van der Waals surface area contributed by atoms with Gasteiger partial charge < -0.3 is 15.4 Å². The van der Waals surface area contributed by atoms with Crippen LogP contribution in [0.2, 0.25) is 0 Å². The lowest BCUT2D eigenvalue weighted by Crippen LogP contribution is -2.41. The summed E-state index contributed by atoms with van der Waals surface area (Å²) in [6.07, 6.45) is 4.52. The molecule has 0 unspecified atom stereocenters. The summed E-state index contributed by atoms with van der Waals surface area (Å²) in [5.41, 5.74) is 0. The van der Waals surface area contributed by atoms with Crippen LogP contribution in [0.1, 0.15) is 38.9 Å². The first-order valence-electron chi connectivity index (χ1n) is 7.19. The van der Waals surface area contributed by atoms with E-state index in [4.69, 9.17) is 4.74 Å². The number of ether oxygens (including phenoxy) is 1. The molecule has 0 spiro atoms. The molecule has 0 amide bonds. The van der Waals surface area contributed by atoms with Crippen LogP contribution in [0.4, 0.5) is 11.6 Å². The van der Waals surface area contributed by atoms with Gasteiger partial charge in [-0.3, -0.25) is 0 Å². The Morgan fingerprint density at radius 1 is 1.26 bits per heavy atom. The number of anilines is 2. The molecule has 1 aromatic rings. The third-order valence-electron chi connectivity index (χ3n) is 3.35. The fraction of sp³-hybridized carbons (Fsp3) is 0.714. The van der Waals surface area contributed by atoms with Crippen molar-refractivity contribution in [3.05, 3.63) is 11.9 Å². The molecule has 0 atom stereocenters. The topological polar surface area (TPSA) is 59.1 Å². The second-order valence-corrected chi connectivity index (χ2v) is 4.94. The molecule has 106 valence electrons. The molecule has 1 aromatic heterocycles. The van der Waals surface area contributed by atoms with Crippen LogP contribution in [0, 0.1) is 0 Å². The van der Waals surface area contributed by atoms with Gasteiger partial charge in [0.05, 0.1) is 6.10 Å². The molecular weight excluding hydrogens is 240 g/mol. The molecule has 2 N–H and O–H groups in total. The summed E-state index contributed by atoms with van der Waals surface area (Å²) in [5.74, 6) is 2.70. The Balaban J connectivity index is 1.94. The van der Waals surface area contributed by atoms with Crippen LogP contribution < -0.4 is 10.6 Å². The van der Waals surface area contributed by atoms with Gasteiger partial charge in [-0.1, -0.05) is 6.92 Å². The van der Waals surface area contributed by atoms with Gasteiger partial charge in [-0.2, -0.15) is 0 Å². The molecule has 1 aliphatic carbocycles. The molecule has 1 fully saturated rings. The fourth-order valence-corrected chi connectivity index (χ4v) is 2.30. The van der Waals surface area contributed by atoms with E-state index in [1.54, 1.807) is 0 Å². The van der Waals surface area contributed by atoms with Gasteiger partial charge in [0, 0.05) is 32.2 Å². The maximum Gasteiger partial charge on any atom is 0.133 e. The fourth-order valence-electron chi connectivity index (χ4n) is 2.30. The van der Waals surface area contributed by atoms with E-state index in [-0.39, 0.29) is 0 Å². The van der Waals surface area contributed by atoms with Crippen molar-refractivity contribution in [1.82, 2.24) is 9.97 Å². The normalized spacial score (nSPS) is 21.8. The maximum atomic E-state index is 5.57. The largest absolute Gasteiger partial charge is 0.378 e. The zero-order valence-electron chi connectivity index (χ0n) is 12.1. The molecule has 5 heteroatoms. The second-order valence-electron chi connectivity index (χ2n) is 4.94. The predicted octanol–water partition coefficient (Wildman–Crippen LogP) is 2.45. The van der Waals surface area contributed by atoms with Gasteiger partial charge in [0.25, 0.3) is 0 Å². The van der Waals surface area contributed by atoms with Crippen LogP contribution in [0.15, 0.2) is 6.07 Å². The molecule has 5 nitrogen and oxygen atoms in total. The van der Waals surface area contributed by atoms with Gasteiger partial charge in [-0.05, 0) is 26.2 Å². The lowest BCUT2D eigenvalue weighted by Gasteiger charge is -2.35. The predicted molar refractivity (Wildman–Crippen MR) is 77.6 cm³/mol. The highest BCUT2D eigenvalue weighted by Gasteiger charge is 2.29. The van der Waals surface area contributed by atoms with Crippen LogP contribution in [-0.2, 0) is 11.2 Å². The molecule has 1 saturated carbocycles. The van der Waals surface area contributed by atoms with Crippen LogP contribution >= 0.6 is 0 Å². The first-order chi connectivity index (χ1) is 9.25. The molecule has 0 saturated heterocycles. The lowest BCUT2D eigenvalue weighted by atomic mass is 9.89. The quantitative estimate of drug-likeness (QED) is 0.792. The molecule has 0 aromatic carbocycles. The molecule has 2 rings (SSSR count). The van der Waals surface area contributed by atoms with Crippen molar-refractivity contribution in [2.45, 2.75) is 51.7 Å². The van der Waals surface area contributed by atoms with Gasteiger partial charge in [0.1, 0.15) is 17.5 Å². The lowest BCUT2D eigenvalue weighted by molar-refractivity contribution is 0.00292. The number of nitrogens with zero attached hydrogens (tertiary/aromatic N) is 2. The monoisotopic (exact) mass is 264 g/mol. The Kier molecular flexibility index (Phi) is 4.96. The highest BCUT2D eigenvalue weighted by atomic mass is 16.5. The number of hydrogen-bond donors (Lipinski definition) is 2. The highest BCUT2D eigenvalue weighted by molar-refractivity contribution is 5.48. The SMILES string of the molecule is CCCc1nc(NC)cc(NC2CC(OCC)C2)n1. The first kappa shape index (κ1) is 14.1. The number of aryl methyl sites for hydroxylation is 1. The minimum Gasteiger partial charge on any atom is -0.378 e. The number of hydrogen-bond acceptors (Lipinski definition) is 5. The molecule has 19 heavy (non-hydrogen) atoms. The van der Waals surface area contributed by atoms with Crippen molar-refractivity contribution in [3.63, 3.8) is 0 Å². The van der Waals surface area contributed by atoms with Crippen molar-refractivity contribution in [1.29, 1.82) is 0 Å². The standard InChI is InChI=1S/C14H24N4O/c1-4-6-12-17-13(15-3)9-14(18-12)16-10-7-11(8-10)19-5-2/h9-11H,4-8H2,1-3H3,(H2,15,16,17,18). The summed E-state index contributed by atoms with van der Waals surface area (Å²) < 4.78 is 5.57. The molecule has 0 bridgehead atoms. The number of rotatable bonds is 7. The van der Waals surface area contributed by atoms with Crippen molar-refractivity contribution < 1.29 is 4.74 Å². The average molecular weight is 264 g/mol. The molecular formula is C14H24N4O. The maximum absolute atomic E-state index is 5.57. The van der Waals surface area contributed by atoms with Gasteiger partial charge in [-0.25, -0.2) is 9.97 Å². The Hall–Kier alpha value is -1.36. The van der Waals surface area contributed by atoms with Crippen LogP contribution in [0.25, 0.3) is 0 Å². The third kappa shape index (κ3) is 3.80. The molecule has 0 radical (unpaired) electrons. The van der Waals surface area contributed by atoms with Gasteiger partial charge in [0.15, 0.2) is 0 Å². The molecule has 0 aliphatic heterocycles. The summed E-state index contributed by atoms with van der Waals surface area (Å²) in [7, 11) is 1.89.